The number of nitrogens with zero attached hydrogens (tertiary/aromatic N) is 2. The van der Waals surface area contributed by atoms with Crippen molar-refractivity contribution in [3.8, 4) is 68.6 Å². The first-order chi connectivity index (χ1) is 37.0. The second-order valence-corrected chi connectivity index (χ2v) is 16.4. The molecule has 0 spiro atoms. The van der Waals surface area contributed by atoms with E-state index in [1.165, 1.54) is 78.8 Å². The van der Waals surface area contributed by atoms with E-state index in [2.05, 4.69) is 0 Å². The molecule has 0 N–H and O–H groups in total. The number of esters is 2. The molecule has 0 aliphatic heterocycles. The van der Waals surface area contributed by atoms with Crippen molar-refractivity contribution in [1.82, 2.24) is 0 Å². The molecule has 0 saturated heterocycles. The van der Waals surface area contributed by atoms with Gasteiger partial charge in [-0.25, -0.2) is 9.59 Å². The minimum Gasteiger partial charge on any atom is -0.496 e. The van der Waals surface area contributed by atoms with Gasteiger partial charge in [-0.3, -0.25) is 19.4 Å². The maximum absolute atomic E-state index is 14.5. The predicted octanol–water partition coefficient (Wildman–Crippen LogP) is 11.8. The van der Waals surface area contributed by atoms with Gasteiger partial charge in [0.2, 0.25) is 0 Å². The van der Waals surface area contributed by atoms with Gasteiger partial charge in [-0.05, 0) is 96.1 Å². The summed E-state index contributed by atoms with van der Waals surface area (Å²) in [5.41, 5.74) is 4.06. The smallest absolute Gasteiger partial charge is 0.343 e. The highest BCUT2D eigenvalue weighted by Gasteiger charge is 2.30. The largest absolute Gasteiger partial charge is 0.496 e. The Kier molecular flexibility index (Phi) is 16.3. The number of amides is 2. The van der Waals surface area contributed by atoms with Crippen molar-refractivity contribution in [3.63, 3.8) is 0 Å². The molecule has 2 amide bonds. The molecule has 0 bridgehead atoms. The van der Waals surface area contributed by atoms with E-state index >= 15 is 0 Å². The lowest BCUT2D eigenvalue weighted by molar-refractivity contribution is 0.0725. The third kappa shape index (κ3) is 11.0. The molecular weight excluding hydrogens is 973 g/mol. The van der Waals surface area contributed by atoms with Gasteiger partial charge < -0.3 is 47.4 Å². The highest BCUT2D eigenvalue weighted by molar-refractivity contribution is 6.15. The first-order valence-corrected chi connectivity index (χ1v) is 23.4. The van der Waals surface area contributed by atoms with Crippen LogP contribution in [0.1, 0.15) is 41.4 Å². The van der Waals surface area contributed by atoms with Crippen LogP contribution in [-0.4, -0.2) is 80.6 Å². The van der Waals surface area contributed by atoms with Gasteiger partial charge in [0.1, 0.15) is 34.5 Å². The minimum atomic E-state index is -0.660. The molecule has 8 aromatic carbocycles. The zero-order chi connectivity index (χ0) is 53.9. The molecule has 0 aliphatic carbocycles. The van der Waals surface area contributed by atoms with Crippen LogP contribution in [0.5, 0.6) is 57.5 Å². The molecular formula is C60H52N2O14. The summed E-state index contributed by atoms with van der Waals surface area (Å²) < 4.78 is 56.1. The maximum Gasteiger partial charge on any atom is 0.343 e. The summed E-state index contributed by atoms with van der Waals surface area (Å²) in [5, 5.41) is 0. The fourth-order valence-corrected chi connectivity index (χ4v) is 8.26. The summed E-state index contributed by atoms with van der Waals surface area (Å²) in [6.45, 7) is 0. The number of carbonyl (C=O) groups is 4. The predicted molar refractivity (Wildman–Crippen MR) is 286 cm³/mol. The first-order valence-electron chi connectivity index (χ1n) is 23.4. The van der Waals surface area contributed by atoms with Crippen molar-refractivity contribution in [2.75, 3.05) is 66.7 Å². The molecule has 8 aromatic rings. The van der Waals surface area contributed by atoms with Crippen molar-refractivity contribution in [2.24, 2.45) is 0 Å². The number of hydrogen-bond acceptors (Lipinski definition) is 14. The molecule has 0 unspecified atom stereocenters. The molecule has 0 saturated carbocycles. The van der Waals surface area contributed by atoms with Gasteiger partial charge in [0, 0.05) is 35.6 Å². The van der Waals surface area contributed by atoms with Gasteiger partial charge in [0.25, 0.3) is 11.8 Å². The third-order valence-electron chi connectivity index (χ3n) is 12.1. The molecule has 0 aromatic heterocycles. The fraction of sp³-hybridized carbons (Fsp3) is 0.133. The summed E-state index contributed by atoms with van der Waals surface area (Å²) >= 11 is 0. The molecule has 0 heterocycles. The molecule has 76 heavy (non-hydrogen) atoms. The van der Waals surface area contributed by atoms with E-state index in [0.29, 0.717) is 45.7 Å². The Hall–Kier alpha value is -9.96. The van der Waals surface area contributed by atoms with Crippen molar-refractivity contribution < 1.29 is 66.5 Å². The summed E-state index contributed by atoms with van der Waals surface area (Å²) in [6, 6.07) is 47.3. The number of carbonyl (C=O) groups excluding carboxylic acids is 4. The van der Waals surface area contributed by atoms with E-state index in [4.69, 9.17) is 47.4 Å². The van der Waals surface area contributed by atoms with Gasteiger partial charge in [0.05, 0.1) is 90.5 Å². The molecule has 8 rings (SSSR count). The Morgan fingerprint density at radius 2 is 0.632 bits per heavy atom. The Morgan fingerprint density at radius 3 is 0.947 bits per heavy atom. The Labute approximate surface area is 439 Å². The van der Waals surface area contributed by atoms with Gasteiger partial charge in [0.15, 0.2) is 23.0 Å². The van der Waals surface area contributed by atoms with Crippen LogP contribution >= 0.6 is 0 Å². The zero-order valence-corrected chi connectivity index (χ0v) is 42.8. The van der Waals surface area contributed by atoms with Gasteiger partial charge >= 0.3 is 11.9 Å². The lowest BCUT2D eigenvalue weighted by Gasteiger charge is -2.26. The second-order valence-electron chi connectivity index (χ2n) is 16.4. The van der Waals surface area contributed by atoms with E-state index < -0.39 is 23.8 Å². The normalized spacial score (nSPS) is 10.6. The summed E-state index contributed by atoms with van der Waals surface area (Å²) in [5.74, 6) is 0.706. The molecule has 0 aliphatic rings. The monoisotopic (exact) mass is 1020 g/mol. The van der Waals surface area contributed by atoms with Crippen molar-refractivity contribution in [2.45, 2.75) is 0 Å². The lowest BCUT2D eigenvalue weighted by atomic mass is 10.1. The number of benzene rings is 8. The van der Waals surface area contributed by atoms with Crippen LogP contribution in [0.3, 0.4) is 0 Å². The summed E-state index contributed by atoms with van der Waals surface area (Å²) in [6.07, 6.45) is 0. The lowest BCUT2D eigenvalue weighted by Crippen LogP contribution is -2.27. The van der Waals surface area contributed by atoms with Gasteiger partial charge in [-0.1, -0.05) is 60.7 Å². The van der Waals surface area contributed by atoms with Crippen molar-refractivity contribution in [1.29, 1.82) is 0 Å². The van der Waals surface area contributed by atoms with E-state index in [-0.39, 0.29) is 56.8 Å². The van der Waals surface area contributed by atoms with Crippen LogP contribution in [0.15, 0.2) is 170 Å². The van der Waals surface area contributed by atoms with E-state index in [1.807, 2.05) is 12.1 Å². The van der Waals surface area contributed by atoms with Crippen LogP contribution in [0.4, 0.5) is 22.7 Å². The van der Waals surface area contributed by atoms with Crippen LogP contribution in [0.2, 0.25) is 0 Å². The van der Waals surface area contributed by atoms with Crippen molar-refractivity contribution >= 4 is 46.5 Å². The molecule has 0 radical (unpaired) electrons. The fourth-order valence-electron chi connectivity index (χ4n) is 8.26. The van der Waals surface area contributed by atoms with E-state index in [1.54, 1.807) is 146 Å². The van der Waals surface area contributed by atoms with Gasteiger partial charge in [-0.2, -0.15) is 0 Å². The standard InChI is InChI=1S/C60H52N2O14/c1-67-49-35-55(73-7)53(71-5)33-45(49)57(63)61(41-15-11-9-12-16-41)47-29-23-39(31-51(47)69-3)59(65)75-43-25-19-37(20-26-43)38-21-27-44(28-22-38)76-60(66)40-24-30-48(52(32-40)70-4)62(42-17-13-10-14-18-42)58(64)46-34-54(72-6)56(74-8)36-50(46)68-2/h9-36H,1-8H3. The first kappa shape index (κ1) is 52.4. The van der Waals surface area contributed by atoms with E-state index in [9.17, 15) is 19.2 Å². The highest BCUT2D eigenvalue weighted by Crippen LogP contribution is 2.43. The Bertz CT molecular complexity index is 3160. The summed E-state index contributed by atoms with van der Waals surface area (Å²) in [4.78, 5) is 59.1. The highest BCUT2D eigenvalue weighted by atomic mass is 16.5. The third-order valence-corrected chi connectivity index (χ3v) is 12.1. The van der Waals surface area contributed by atoms with Crippen molar-refractivity contribution in [3.05, 3.63) is 192 Å². The SMILES string of the molecule is COc1cc(OC)c(C(=O)N(c2ccccc2)c2ccc(C(=O)Oc3ccc(-c4ccc(OC(=O)c5ccc(N(C(=O)c6cc(OC)c(OC)cc6OC)c6ccccc6)c(OC)c5)cc4)cc3)cc2OC)cc1OC. The maximum atomic E-state index is 14.5. The average Bonchev–Trinajstić information content (AvgIpc) is 3.48. The molecule has 0 fully saturated rings. The molecule has 16 nitrogen and oxygen atoms in total. The average molecular weight is 1030 g/mol. The van der Waals surface area contributed by atoms with Crippen LogP contribution in [0, 0.1) is 0 Å². The quantitative estimate of drug-likeness (QED) is 0.0554. The zero-order valence-electron chi connectivity index (χ0n) is 42.8. The van der Waals surface area contributed by atoms with Crippen LogP contribution in [-0.2, 0) is 0 Å². The van der Waals surface area contributed by atoms with E-state index in [0.717, 1.165) is 11.1 Å². The number of anilines is 4. The van der Waals surface area contributed by atoms with Gasteiger partial charge in [-0.15, -0.1) is 0 Å². The summed E-state index contributed by atoms with van der Waals surface area (Å²) in [7, 11) is 11.7. The topological polar surface area (TPSA) is 167 Å². The number of hydrogen-bond donors (Lipinski definition) is 0. The number of para-hydroxylation sites is 2. The van der Waals surface area contributed by atoms with Crippen LogP contribution in [0.25, 0.3) is 11.1 Å². The second kappa shape index (κ2) is 23.7. The Balaban J connectivity index is 0.959. The van der Waals surface area contributed by atoms with Crippen LogP contribution < -0.4 is 57.2 Å². The molecule has 386 valence electrons. The Morgan fingerprint density at radius 1 is 0.316 bits per heavy atom. The number of rotatable bonds is 19. The number of methoxy groups -OCH3 is 8. The molecule has 0 atom stereocenters. The number of ether oxygens (including phenoxy) is 10. The molecule has 16 heteroatoms. The minimum absolute atomic E-state index is 0.171.